The number of ether oxygens (including phenoxy) is 1. The number of amides is 1. The summed E-state index contributed by atoms with van der Waals surface area (Å²) in [6, 6.07) is 10.3. The number of carbonyl (C=O) groups is 1. The number of nitrogen functional groups attached to an aromatic ring is 1. The van der Waals surface area contributed by atoms with Crippen molar-refractivity contribution in [3.8, 4) is 5.75 Å². The Morgan fingerprint density at radius 2 is 2.00 bits per heavy atom. The van der Waals surface area contributed by atoms with E-state index in [0.29, 0.717) is 27.7 Å². The van der Waals surface area contributed by atoms with Crippen LogP contribution >= 0.6 is 11.6 Å². The highest BCUT2D eigenvalue weighted by Crippen LogP contribution is 2.25. The second-order valence-corrected chi connectivity index (χ2v) is 4.80. The molecule has 0 aromatic heterocycles. The molecule has 0 spiro atoms. The van der Waals surface area contributed by atoms with Gasteiger partial charge in [0.25, 0.3) is 5.91 Å². The van der Waals surface area contributed by atoms with Gasteiger partial charge < -0.3 is 15.8 Å². The molecule has 1 amide bonds. The first kappa shape index (κ1) is 14.2. The van der Waals surface area contributed by atoms with E-state index in [0.717, 1.165) is 5.56 Å². The summed E-state index contributed by atoms with van der Waals surface area (Å²) in [6.07, 6.45) is 0. The number of nitrogens with two attached hydrogens (primary N) is 1. The highest BCUT2D eigenvalue weighted by Gasteiger charge is 2.12. The van der Waals surface area contributed by atoms with E-state index in [2.05, 4.69) is 5.32 Å². The van der Waals surface area contributed by atoms with Crippen molar-refractivity contribution in [2.45, 2.75) is 6.92 Å². The molecule has 0 saturated heterocycles. The quantitative estimate of drug-likeness (QED) is 0.851. The van der Waals surface area contributed by atoms with Crippen LogP contribution in [0.3, 0.4) is 0 Å². The molecule has 0 fully saturated rings. The van der Waals surface area contributed by atoms with Crippen molar-refractivity contribution < 1.29 is 9.53 Å². The number of rotatable bonds is 3. The molecule has 0 aliphatic carbocycles. The third-order valence-corrected chi connectivity index (χ3v) is 3.19. The average molecular weight is 291 g/mol. The van der Waals surface area contributed by atoms with Crippen LogP contribution in [0.5, 0.6) is 5.75 Å². The van der Waals surface area contributed by atoms with Crippen molar-refractivity contribution in [2.75, 3.05) is 18.2 Å². The van der Waals surface area contributed by atoms with Gasteiger partial charge in [-0.1, -0.05) is 17.7 Å². The highest BCUT2D eigenvalue weighted by molar-refractivity contribution is 6.34. The lowest BCUT2D eigenvalue weighted by atomic mass is 10.1. The zero-order valence-corrected chi connectivity index (χ0v) is 12.0. The Kier molecular flexibility index (Phi) is 4.15. The Morgan fingerprint density at radius 1 is 1.25 bits per heavy atom. The van der Waals surface area contributed by atoms with Crippen molar-refractivity contribution in [1.29, 1.82) is 0 Å². The maximum Gasteiger partial charge on any atom is 0.257 e. The molecule has 0 bridgehead atoms. The Bertz CT molecular complexity index is 656. The molecule has 104 valence electrons. The number of carbonyl (C=O) groups excluding carboxylic acids is 1. The molecule has 0 unspecified atom stereocenters. The number of hydrogen-bond acceptors (Lipinski definition) is 3. The molecule has 2 aromatic carbocycles. The second kappa shape index (κ2) is 5.84. The molecule has 2 aromatic rings. The van der Waals surface area contributed by atoms with Crippen molar-refractivity contribution in [3.63, 3.8) is 0 Å². The Labute approximate surface area is 122 Å². The van der Waals surface area contributed by atoms with Crippen molar-refractivity contribution in [2.24, 2.45) is 0 Å². The monoisotopic (exact) mass is 290 g/mol. The fourth-order valence-corrected chi connectivity index (χ4v) is 2.07. The Hall–Kier alpha value is -2.20. The van der Waals surface area contributed by atoms with Gasteiger partial charge in [-0.2, -0.15) is 0 Å². The van der Waals surface area contributed by atoms with Gasteiger partial charge >= 0.3 is 0 Å². The molecule has 0 saturated carbocycles. The van der Waals surface area contributed by atoms with Crippen LogP contribution in [0.15, 0.2) is 36.4 Å². The van der Waals surface area contributed by atoms with Gasteiger partial charge in [0.1, 0.15) is 5.75 Å². The zero-order valence-electron chi connectivity index (χ0n) is 11.2. The maximum absolute atomic E-state index is 12.2. The molecule has 3 N–H and O–H groups in total. The number of anilines is 2. The van der Waals surface area contributed by atoms with E-state index in [1.807, 2.05) is 13.0 Å². The average Bonchev–Trinajstić information content (AvgIpc) is 2.41. The topological polar surface area (TPSA) is 64.3 Å². The van der Waals surface area contributed by atoms with Crippen LogP contribution in [0.1, 0.15) is 15.9 Å². The first-order valence-electron chi connectivity index (χ1n) is 6.02. The minimum Gasteiger partial charge on any atom is -0.497 e. The van der Waals surface area contributed by atoms with Gasteiger partial charge in [-0.15, -0.1) is 0 Å². The summed E-state index contributed by atoms with van der Waals surface area (Å²) in [7, 11) is 1.54. The first-order valence-corrected chi connectivity index (χ1v) is 6.40. The summed E-state index contributed by atoms with van der Waals surface area (Å²) in [4.78, 5) is 12.2. The zero-order chi connectivity index (χ0) is 14.7. The van der Waals surface area contributed by atoms with Crippen LogP contribution in [-0.4, -0.2) is 13.0 Å². The minimum atomic E-state index is -0.309. The normalized spacial score (nSPS) is 10.2. The van der Waals surface area contributed by atoms with Crippen molar-refractivity contribution in [1.82, 2.24) is 0 Å². The van der Waals surface area contributed by atoms with Gasteiger partial charge in [0.15, 0.2) is 0 Å². The largest absolute Gasteiger partial charge is 0.497 e. The van der Waals surface area contributed by atoms with Crippen LogP contribution in [0, 0.1) is 6.92 Å². The van der Waals surface area contributed by atoms with E-state index in [1.54, 1.807) is 37.4 Å². The third-order valence-electron chi connectivity index (χ3n) is 2.88. The van der Waals surface area contributed by atoms with E-state index >= 15 is 0 Å². The lowest BCUT2D eigenvalue weighted by Gasteiger charge is -2.10. The summed E-state index contributed by atoms with van der Waals surface area (Å²) < 4.78 is 5.05. The van der Waals surface area contributed by atoms with Crippen LogP contribution in [0.4, 0.5) is 11.4 Å². The molecule has 2 rings (SSSR count). The lowest BCUT2D eigenvalue weighted by molar-refractivity contribution is 0.102. The molecule has 4 nitrogen and oxygen atoms in total. The lowest BCUT2D eigenvalue weighted by Crippen LogP contribution is -2.14. The molecular formula is C15H15ClN2O2. The summed E-state index contributed by atoms with van der Waals surface area (Å²) >= 11 is 6.08. The fourth-order valence-electron chi connectivity index (χ4n) is 1.79. The predicted octanol–water partition coefficient (Wildman–Crippen LogP) is 3.49. The molecule has 0 radical (unpaired) electrons. The Balaban J connectivity index is 2.24. The van der Waals surface area contributed by atoms with Gasteiger partial charge in [-0.3, -0.25) is 4.79 Å². The predicted molar refractivity (Wildman–Crippen MR) is 81.5 cm³/mol. The number of aryl methyl sites for hydroxylation is 1. The van der Waals surface area contributed by atoms with E-state index in [1.165, 1.54) is 0 Å². The number of halogens is 1. The van der Waals surface area contributed by atoms with E-state index in [4.69, 9.17) is 22.1 Å². The molecule has 0 heterocycles. The summed E-state index contributed by atoms with van der Waals surface area (Å²) in [5.41, 5.74) is 8.15. The van der Waals surface area contributed by atoms with Gasteiger partial charge in [-0.05, 0) is 36.8 Å². The van der Waals surface area contributed by atoms with Gasteiger partial charge in [-0.25, -0.2) is 0 Å². The van der Waals surface area contributed by atoms with Gasteiger partial charge in [0, 0.05) is 11.8 Å². The van der Waals surface area contributed by atoms with Crippen molar-refractivity contribution >= 4 is 28.9 Å². The number of nitrogens with one attached hydrogen (secondary N) is 1. The fraction of sp³-hybridized carbons (Fsp3) is 0.133. The van der Waals surface area contributed by atoms with Crippen molar-refractivity contribution in [3.05, 3.63) is 52.5 Å². The van der Waals surface area contributed by atoms with E-state index in [9.17, 15) is 4.79 Å². The summed E-state index contributed by atoms with van der Waals surface area (Å²) in [5.74, 6) is 0.295. The van der Waals surface area contributed by atoms with Crippen LogP contribution < -0.4 is 15.8 Å². The number of methoxy groups -OCH3 is 1. The molecular weight excluding hydrogens is 276 g/mol. The van der Waals surface area contributed by atoms with Crippen LogP contribution in [0.25, 0.3) is 0 Å². The van der Waals surface area contributed by atoms with Crippen LogP contribution in [-0.2, 0) is 0 Å². The molecule has 0 aliphatic heterocycles. The second-order valence-electron chi connectivity index (χ2n) is 4.39. The number of hydrogen-bond donors (Lipinski definition) is 2. The summed E-state index contributed by atoms with van der Waals surface area (Å²) in [6.45, 7) is 1.93. The van der Waals surface area contributed by atoms with Gasteiger partial charge in [0.2, 0.25) is 0 Å². The molecule has 20 heavy (non-hydrogen) atoms. The molecule has 0 aliphatic rings. The SMILES string of the molecule is COc1ccc(C(=O)Nc2ccc(C)cc2Cl)c(N)c1. The molecule has 5 heteroatoms. The standard InChI is InChI=1S/C15H15ClN2O2/c1-9-3-6-14(12(16)7-9)18-15(19)11-5-4-10(20-2)8-13(11)17/h3-8H,17H2,1-2H3,(H,18,19). The van der Waals surface area contributed by atoms with Gasteiger partial charge in [0.05, 0.1) is 23.4 Å². The third kappa shape index (κ3) is 3.03. The minimum absolute atomic E-state index is 0.309. The highest BCUT2D eigenvalue weighted by atomic mass is 35.5. The maximum atomic E-state index is 12.2. The number of benzene rings is 2. The van der Waals surface area contributed by atoms with Crippen LogP contribution in [0.2, 0.25) is 5.02 Å². The van der Waals surface area contributed by atoms with E-state index < -0.39 is 0 Å². The van der Waals surface area contributed by atoms with E-state index in [-0.39, 0.29) is 5.91 Å². The summed E-state index contributed by atoms with van der Waals surface area (Å²) in [5, 5.41) is 3.23. The smallest absolute Gasteiger partial charge is 0.257 e. The molecule has 0 atom stereocenters. The Morgan fingerprint density at radius 3 is 2.60 bits per heavy atom. The first-order chi connectivity index (χ1) is 9.51.